The fourth-order valence-corrected chi connectivity index (χ4v) is 3.74. The van der Waals surface area contributed by atoms with Gasteiger partial charge in [-0.1, -0.05) is 56.0 Å². The Morgan fingerprint density at radius 2 is 1.93 bits per heavy atom. The molecular formula is C23H29N3O2. The Bertz CT molecular complexity index is 900. The van der Waals surface area contributed by atoms with E-state index >= 15 is 0 Å². The average molecular weight is 380 g/mol. The lowest BCUT2D eigenvalue weighted by molar-refractivity contribution is 0.305. The summed E-state index contributed by atoms with van der Waals surface area (Å²) < 4.78 is 11.4. The summed E-state index contributed by atoms with van der Waals surface area (Å²) in [5.41, 5.74) is 0.977. The van der Waals surface area contributed by atoms with E-state index in [2.05, 4.69) is 46.6 Å². The van der Waals surface area contributed by atoms with E-state index in [9.17, 15) is 0 Å². The zero-order valence-corrected chi connectivity index (χ0v) is 16.6. The van der Waals surface area contributed by atoms with Crippen molar-refractivity contribution in [2.24, 2.45) is 0 Å². The minimum Gasteiger partial charge on any atom is -0.494 e. The Kier molecular flexibility index (Phi) is 6.22. The highest BCUT2D eigenvalue weighted by Gasteiger charge is 2.22. The number of aromatic nitrogens is 2. The topological polar surface area (TPSA) is 60.2 Å². The van der Waals surface area contributed by atoms with Crippen molar-refractivity contribution in [3.8, 4) is 17.1 Å². The first kappa shape index (κ1) is 18.9. The molecule has 0 aliphatic carbocycles. The number of hydrogen-bond donors (Lipinski definition) is 1. The van der Waals surface area contributed by atoms with Crippen LogP contribution in [-0.2, 0) is 0 Å². The van der Waals surface area contributed by atoms with E-state index in [0.717, 1.165) is 54.5 Å². The number of nitrogens with zero attached hydrogens (tertiary/aromatic N) is 2. The number of ether oxygens (including phenoxy) is 1. The number of nitrogens with one attached hydrogen (secondary N) is 1. The number of rotatable bonds is 9. The van der Waals surface area contributed by atoms with Crippen LogP contribution in [0.4, 0.5) is 0 Å². The van der Waals surface area contributed by atoms with Crippen molar-refractivity contribution in [3.63, 3.8) is 0 Å². The summed E-state index contributed by atoms with van der Waals surface area (Å²) in [5, 5.41) is 9.88. The maximum atomic E-state index is 5.92. The molecule has 3 aromatic rings. The van der Waals surface area contributed by atoms with E-state index in [1.807, 2.05) is 12.1 Å². The third kappa shape index (κ3) is 4.53. The fraction of sp³-hybridized carbons (Fsp3) is 0.478. The molecule has 1 aliphatic heterocycles. The van der Waals surface area contributed by atoms with Crippen molar-refractivity contribution < 1.29 is 9.26 Å². The third-order valence-corrected chi connectivity index (χ3v) is 5.39. The molecule has 0 bridgehead atoms. The molecule has 4 rings (SSSR count). The Hall–Kier alpha value is -2.40. The number of benzene rings is 2. The normalized spacial score (nSPS) is 16.7. The molecule has 2 aromatic carbocycles. The van der Waals surface area contributed by atoms with Crippen LogP contribution in [0, 0.1) is 0 Å². The quantitative estimate of drug-likeness (QED) is 0.486. The van der Waals surface area contributed by atoms with Gasteiger partial charge in [-0.15, -0.1) is 0 Å². The maximum Gasteiger partial charge on any atom is 0.244 e. The van der Waals surface area contributed by atoms with Gasteiger partial charge in [0.2, 0.25) is 11.7 Å². The molecule has 1 aliphatic rings. The van der Waals surface area contributed by atoms with Crippen LogP contribution in [0.2, 0.25) is 0 Å². The van der Waals surface area contributed by atoms with Crippen LogP contribution in [0.25, 0.3) is 22.2 Å². The molecular weight excluding hydrogens is 350 g/mol. The highest BCUT2D eigenvalue weighted by atomic mass is 16.5. The van der Waals surface area contributed by atoms with E-state index < -0.39 is 0 Å². The standard InChI is InChI=1S/C23H29N3O2/c1-2-3-4-5-6-14-27-20-12-11-17-15-19(10-9-18(17)16-20)22-25-23(28-26-22)21-8-7-13-24-21/h9-12,15-16,21,24H,2-8,13-14H2,1H3. The third-order valence-electron chi connectivity index (χ3n) is 5.39. The summed E-state index contributed by atoms with van der Waals surface area (Å²) >= 11 is 0. The largest absolute Gasteiger partial charge is 0.494 e. The molecule has 0 radical (unpaired) electrons. The average Bonchev–Trinajstić information content (AvgIpc) is 3.42. The molecule has 0 saturated carbocycles. The van der Waals surface area contributed by atoms with Gasteiger partial charge in [-0.05, 0) is 54.8 Å². The van der Waals surface area contributed by atoms with Gasteiger partial charge >= 0.3 is 0 Å². The zero-order valence-electron chi connectivity index (χ0n) is 16.6. The molecule has 1 aromatic heterocycles. The zero-order chi connectivity index (χ0) is 19.2. The smallest absolute Gasteiger partial charge is 0.244 e. The van der Waals surface area contributed by atoms with Gasteiger partial charge in [0, 0.05) is 5.56 Å². The van der Waals surface area contributed by atoms with Crippen LogP contribution in [-0.4, -0.2) is 23.3 Å². The summed E-state index contributed by atoms with van der Waals surface area (Å²) in [7, 11) is 0. The van der Waals surface area contributed by atoms with Crippen molar-refractivity contribution in [2.45, 2.75) is 57.9 Å². The van der Waals surface area contributed by atoms with Gasteiger partial charge < -0.3 is 14.6 Å². The van der Waals surface area contributed by atoms with Crippen LogP contribution in [0.1, 0.15) is 63.8 Å². The molecule has 28 heavy (non-hydrogen) atoms. The first-order valence-electron chi connectivity index (χ1n) is 10.6. The van der Waals surface area contributed by atoms with Crippen molar-refractivity contribution >= 4 is 10.8 Å². The van der Waals surface area contributed by atoms with Crippen LogP contribution >= 0.6 is 0 Å². The first-order chi connectivity index (χ1) is 13.8. The molecule has 1 N–H and O–H groups in total. The summed E-state index contributed by atoms with van der Waals surface area (Å²) in [6.07, 6.45) is 8.46. The lowest BCUT2D eigenvalue weighted by Gasteiger charge is -2.08. The number of unbranched alkanes of at least 4 members (excludes halogenated alkanes) is 4. The molecule has 0 spiro atoms. The van der Waals surface area contributed by atoms with Gasteiger partial charge in [-0.25, -0.2) is 0 Å². The molecule has 5 heteroatoms. The summed E-state index contributed by atoms with van der Waals surface area (Å²) in [6.45, 7) is 4.04. The van der Waals surface area contributed by atoms with Gasteiger partial charge in [-0.2, -0.15) is 4.98 Å². The Labute approximate surface area is 166 Å². The van der Waals surface area contributed by atoms with Crippen molar-refractivity contribution in [2.75, 3.05) is 13.2 Å². The lowest BCUT2D eigenvalue weighted by Crippen LogP contribution is -2.12. The SMILES string of the molecule is CCCCCCCOc1ccc2cc(-c3noc(C4CCCN4)n3)ccc2c1. The Morgan fingerprint density at radius 1 is 1.07 bits per heavy atom. The molecule has 1 unspecified atom stereocenters. The summed E-state index contributed by atoms with van der Waals surface area (Å²) in [5.74, 6) is 2.28. The molecule has 148 valence electrons. The highest BCUT2D eigenvalue weighted by molar-refractivity contribution is 5.87. The predicted molar refractivity (Wildman–Crippen MR) is 111 cm³/mol. The van der Waals surface area contributed by atoms with Crippen molar-refractivity contribution in [3.05, 3.63) is 42.3 Å². The van der Waals surface area contributed by atoms with Crippen molar-refractivity contribution in [1.29, 1.82) is 0 Å². The van der Waals surface area contributed by atoms with E-state index in [1.165, 1.54) is 25.7 Å². The Balaban J connectivity index is 1.40. The summed E-state index contributed by atoms with van der Waals surface area (Å²) in [4.78, 5) is 4.59. The van der Waals surface area contributed by atoms with Crippen LogP contribution in [0.15, 0.2) is 40.9 Å². The molecule has 1 saturated heterocycles. The van der Waals surface area contributed by atoms with Gasteiger partial charge in [0.05, 0.1) is 12.6 Å². The number of hydrogen-bond acceptors (Lipinski definition) is 5. The fourth-order valence-electron chi connectivity index (χ4n) is 3.74. The molecule has 1 fully saturated rings. The second-order valence-corrected chi connectivity index (χ2v) is 7.59. The highest BCUT2D eigenvalue weighted by Crippen LogP contribution is 2.28. The van der Waals surface area contributed by atoms with Gasteiger partial charge in [0.15, 0.2) is 0 Å². The first-order valence-corrected chi connectivity index (χ1v) is 10.6. The lowest BCUT2D eigenvalue weighted by atomic mass is 10.1. The van der Waals surface area contributed by atoms with Crippen molar-refractivity contribution in [1.82, 2.24) is 15.5 Å². The molecule has 2 heterocycles. The van der Waals surface area contributed by atoms with Crippen LogP contribution < -0.4 is 10.1 Å². The second kappa shape index (κ2) is 9.20. The van der Waals surface area contributed by atoms with E-state index in [1.54, 1.807) is 0 Å². The number of fused-ring (bicyclic) bond motifs is 1. The summed E-state index contributed by atoms with van der Waals surface area (Å²) in [6, 6.07) is 12.7. The minimum absolute atomic E-state index is 0.198. The minimum atomic E-state index is 0.198. The van der Waals surface area contributed by atoms with E-state index in [0.29, 0.717) is 11.7 Å². The van der Waals surface area contributed by atoms with E-state index in [4.69, 9.17) is 9.26 Å². The van der Waals surface area contributed by atoms with E-state index in [-0.39, 0.29) is 6.04 Å². The predicted octanol–water partition coefficient (Wildman–Crippen LogP) is 5.66. The maximum absolute atomic E-state index is 5.92. The monoisotopic (exact) mass is 379 g/mol. The van der Waals surface area contributed by atoms with Gasteiger partial charge in [-0.3, -0.25) is 0 Å². The molecule has 1 atom stereocenters. The molecule has 0 amide bonds. The van der Waals surface area contributed by atoms with Gasteiger partial charge in [0.1, 0.15) is 5.75 Å². The Morgan fingerprint density at radius 3 is 2.79 bits per heavy atom. The second-order valence-electron chi connectivity index (χ2n) is 7.59. The van der Waals surface area contributed by atoms with Crippen LogP contribution in [0.5, 0.6) is 5.75 Å². The van der Waals surface area contributed by atoms with Crippen LogP contribution in [0.3, 0.4) is 0 Å². The molecule has 5 nitrogen and oxygen atoms in total. The van der Waals surface area contributed by atoms with Gasteiger partial charge in [0.25, 0.3) is 0 Å².